The average molecular weight is 263 g/mol. The number of nitrogens with one attached hydrogen (secondary N) is 1. The van der Waals surface area contributed by atoms with Gasteiger partial charge in [-0.25, -0.2) is 8.78 Å². The topological polar surface area (TPSA) is 32.3 Å². The first kappa shape index (κ1) is 13.3. The maximum Gasteiger partial charge on any atom is 0.146 e. The highest BCUT2D eigenvalue weighted by atomic mass is 19.1. The van der Waals surface area contributed by atoms with Gasteiger partial charge in [-0.15, -0.1) is 0 Å². The van der Waals surface area contributed by atoms with Crippen LogP contribution in [0.4, 0.5) is 14.5 Å². The molecule has 0 fully saturated rings. The normalized spacial score (nSPS) is 10.5. The number of aromatic hydroxyl groups is 1. The first-order valence-corrected chi connectivity index (χ1v) is 5.95. The lowest BCUT2D eigenvalue weighted by atomic mass is 10.1. The van der Waals surface area contributed by atoms with E-state index in [0.29, 0.717) is 6.54 Å². The van der Waals surface area contributed by atoms with Gasteiger partial charge in [0.05, 0.1) is 5.69 Å². The zero-order chi connectivity index (χ0) is 14.0. The molecule has 0 spiro atoms. The summed E-state index contributed by atoms with van der Waals surface area (Å²) in [6, 6.07) is 6.91. The van der Waals surface area contributed by atoms with Crippen LogP contribution in [0.25, 0.3) is 0 Å². The molecule has 0 saturated carbocycles. The van der Waals surface area contributed by atoms with Gasteiger partial charge in [-0.05, 0) is 48.7 Å². The van der Waals surface area contributed by atoms with E-state index in [2.05, 4.69) is 5.32 Å². The Morgan fingerprint density at radius 3 is 2.32 bits per heavy atom. The van der Waals surface area contributed by atoms with Gasteiger partial charge in [-0.3, -0.25) is 0 Å². The Hall–Kier alpha value is -2.10. The molecule has 100 valence electrons. The van der Waals surface area contributed by atoms with Crippen molar-refractivity contribution in [2.75, 3.05) is 5.32 Å². The van der Waals surface area contributed by atoms with Crippen molar-refractivity contribution in [1.82, 2.24) is 0 Å². The van der Waals surface area contributed by atoms with E-state index in [-0.39, 0.29) is 11.4 Å². The van der Waals surface area contributed by atoms with Crippen LogP contribution in [0.3, 0.4) is 0 Å². The van der Waals surface area contributed by atoms with Crippen molar-refractivity contribution < 1.29 is 13.9 Å². The van der Waals surface area contributed by atoms with Crippen LogP contribution in [0, 0.1) is 25.5 Å². The summed E-state index contributed by atoms with van der Waals surface area (Å²) in [5, 5.41) is 12.5. The number of hydrogen-bond donors (Lipinski definition) is 2. The summed E-state index contributed by atoms with van der Waals surface area (Å²) >= 11 is 0. The van der Waals surface area contributed by atoms with Crippen molar-refractivity contribution >= 4 is 5.69 Å². The Morgan fingerprint density at radius 2 is 1.68 bits per heavy atom. The van der Waals surface area contributed by atoms with E-state index in [4.69, 9.17) is 0 Å². The molecule has 2 aromatic carbocycles. The van der Waals surface area contributed by atoms with E-state index in [0.717, 1.165) is 34.9 Å². The summed E-state index contributed by atoms with van der Waals surface area (Å²) in [5.41, 5.74) is 2.55. The van der Waals surface area contributed by atoms with Crippen LogP contribution < -0.4 is 5.32 Å². The van der Waals surface area contributed by atoms with Crippen LogP contribution in [0.15, 0.2) is 30.3 Å². The van der Waals surface area contributed by atoms with Gasteiger partial charge in [0.25, 0.3) is 0 Å². The van der Waals surface area contributed by atoms with Crippen molar-refractivity contribution in [3.05, 3.63) is 58.7 Å². The fourth-order valence-corrected chi connectivity index (χ4v) is 1.98. The molecule has 2 nitrogen and oxygen atoms in total. The summed E-state index contributed by atoms with van der Waals surface area (Å²) in [4.78, 5) is 0. The van der Waals surface area contributed by atoms with E-state index >= 15 is 0 Å². The third-order valence-electron chi connectivity index (χ3n) is 2.96. The molecule has 0 aliphatic carbocycles. The molecular formula is C15H15F2NO. The lowest BCUT2D eigenvalue weighted by Gasteiger charge is -2.10. The van der Waals surface area contributed by atoms with Crippen molar-refractivity contribution in [3.63, 3.8) is 0 Å². The predicted octanol–water partition coefficient (Wildman–Crippen LogP) is 3.90. The zero-order valence-electron chi connectivity index (χ0n) is 10.8. The Labute approximate surface area is 110 Å². The number of halogens is 2. The molecule has 0 aliphatic rings. The third-order valence-corrected chi connectivity index (χ3v) is 2.96. The van der Waals surface area contributed by atoms with Gasteiger partial charge in [0.2, 0.25) is 0 Å². The van der Waals surface area contributed by atoms with Crippen LogP contribution in [0.1, 0.15) is 16.7 Å². The number of phenols is 1. The second kappa shape index (κ2) is 5.26. The van der Waals surface area contributed by atoms with Gasteiger partial charge in [-0.2, -0.15) is 0 Å². The Morgan fingerprint density at radius 1 is 1.05 bits per heavy atom. The maximum atomic E-state index is 13.4. The van der Waals surface area contributed by atoms with E-state index in [1.54, 1.807) is 13.8 Å². The molecule has 19 heavy (non-hydrogen) atoms. The highest BCUT2D eigenvalue weighted by molar-refractivity contribution is 5.47. The minimum Gasteiger partial charge on any atom is -0.507 e. The highest BCUT2D eigenvalue weighted by Gasteiger charge is 2.06. The van der Waals surface area contributed by atoms with Gasteiger partial charge in [0, 0.05) is 6.54 Å². The first-order valence-electron chi connectivity index (χ1n) is 5.95. The van der Waals surface area contributed by atoms with Crippen LogP contribution in [0.2, 0.25) is 0 Å². The second-order valence-electron chi connectivity index (χ2n) is 4.56. The largest absolute Gasteiger partial charge is 0.507 e. The monoisotopic (exact) mass is 263 g/mol. The zero-order valence-corrected chi connectivity index (χ0v) is 10.8. The summed E-state index contributed by atoms with van der Waals surface area (Å²) < 4.78 is 26.4. The minimum absolute atomic E-state index is 0.128. The number of rotatable bonds is 3. The third kappa shape index (κ3) is 3.02. The van der Waals surface area contributed by atoms with Gasteiger partial charge in [0.15, 0.2) is 0 Å². The van der Waals surface area contributed by atoms with Crippen molar-refractivity contribution in [3.8, 4) is 5.75 Å². The van der Waals surface area contributed by atoms with Gasteiger partial charge < -0.3 is 10.4 Å². The molecule has 0 bridgehead atoms. The lowest BCUT2D eigenvalue weighted by molar-refractivity contribution is 0.466. The Balaban J connectivity index is 2.17. The van der Waals surface area contributed by atoms with E-state index in [1.807, 2.05) is 12.1 Å². The molecule has 0 saturated heterocycles. The van der Waals surface area contributed by atoms with Crippen LogP contribution >= 0.6 is 0 Å². The fraction of sp³-hybridized carbons (Fsp3) is 0.200. The van der Waals surface area contributed by atoms with Crippen LogP contribution in [0.5, 0.6) is 5.75 Å². The quantitative estimate of drug-likeness (QED) is 0.880. The molecule has 0 unspecified atom stereocenters. The molecule has 0 aliphatic heterocycles. The van der Waals surface area contributed by atoms with Crippen molar-refractivity contribution in [2.24, 2.45) is 0 Å². The molecule has 0 radical (unpaired) electrons. The molecule has 0 aromatic heterocycles. The molecule has 2 aromatic rings. The standard InChI is InChI=1S/C15H15F2NO/c1-9-5-11(6-10(2)15(9)19)8-18-14-7-12(16)3-4-13(14)17/h3-7,18-19H,8H2,1-2H3. The number of benzene rings is 2. The van der Waals surface area contributed by atoms with Crippen molar-refractivity contribution in [2.45, 2.75) is 20.4 Å². The number of hydrogen-bond acceptors (Lipinski definition) is 2. The average Bonchev–Trinajstić information content (AvgIpc) is 2.37. The molecular weight excluding hydrogens is 248 g/mol. The highest BCUT2D eigenvalue weighted by Crippen LogP contribution is 2.24. The van der Waals surface area contributed by atoms with Crippen LogP contribution in [-0.2, 0) is 6.54 Å². The molecule has 2 N–H and O–H groups in total. The SMILES string of the molecule is Cc1cc(CNc2cc(F)ccc2F)cc(C)c1O. The maximum absolute atomic E-state index is 13.4. The van der Waals surface area contributed by atoms with E-state index < -0.39 is 11.6 Å². The van der Waals surface area contributed by atoms with Crippen molar-refractivity contribution in [1.29, 1.82) is 0 Å². The van der Waals surface area contributed by atoms with E-state index in [1.165, 1.54) is 0 Å². The van der Waals surface area contributed by atoms with E-state index in [9.17, 15) is 13.9 Å². The van der Waals surface area contributed by atoms with Gasteiger partial charge in [-0.1, -0.05) is 12.1 Å². The fourth-order valence-electron chi connectivity index (χ4n) is 1.98. The molecule has 2 rings (SSSR count). The molecule has 0 heterocycles. The summed E-state index contributed by atoms with van der Waals surface area (Å²) in [6.45, 7) is 3.96. The minimum atomic E-state index is -0.492. The predicted molar refractivity (Wildman–Crippen MR) is 71.3 cm³/mol. The van der Waals surface area contributed by atoms with Gasteiger partial charge >= 0.3 is 0 Å². The summed E-state index contributed by atoms with van der Waals surface area (Å²) in [7, 11) is 0. The summed E-state index contributed by atoms with van der Waals surface area (Å²) in [6.07, 6.45) is 0. The summed E-state index contributed by atoms with van der Waals surface area (Å²) in [5.74, 6) is -0.712. The Kier molecular flexibility index (Phi) is 3.69. The number of anilines is 1. The number of phenolic OH excluding ortho intramolecular Hbond substituents is 1. The molecule has 0 atom stereocenters. The van der Waals surface area contributed by atoms with Crippen LogP contribution in [-0.4, -0.2) is 5.11 Å². The first-order chi connectivity index (χ1) is 8.97. The second-order valence-corrected chi connectivity index (χ2v) is 4.56. The Bertz CT molecular complexity index is 588. The number of aryl methyl sites for hydroxylation is 2. The molecule has 4 heteroatoms. The lowest BCUT2D eigenvalue weighted by Crippen LogP contribution is -2.02. The molecule has 0 amide bonds. The smallest absolute Gasteiger partial charge is 0.146 e. The van der Waals surface area contributed by atoms with Gasteiger partial charge in [0.1, 0.15) is 17.4 Å².